The molecule has 4 aromatic rings. The van der Waals surface area contributed by atoms with Crippen LogP contribution in [-0.2, 0) is 6.61 Å². The molecule has 22 heavy (non-hydrogen) atoms. The number of rotatable bonds is 3. The first-order chi connectivity index (χ1) is 10.8. The maximum absolute atomic E-state index is 6.03. The number of H-pyrrole nitrogens is 1. The number of aromatic nitrogens is 1. The lowest BCUT2D eigenvalue weighted by atomic mass is 10.1. The minimum absolute atomic E-state index is 0.578. The molecule has 3 aromatic carbocycles. The van der Waals surface area contributed by atoms with E-state index in [9.17, 15) is 0 Å². The monoisotopic (exact) mass is 287 g/mol. The van der Waals surface area contributed by atoms with Crippen molar-refractivity contribution in [1.29, 1.82) is 0 Å². The highest BCUT2D eigenvalue weighted by molar-refractivity contribution is 6.09. The topological polar surface area (TPSA) is 25.0 Å². The number of hydrogen-bond donors (Lipinski definition) is 1. The zero-order valence-electron chi connectivity index (χ0n) is 12.5. The largest absolute Gasteiger partial charge is 0.487 e. The Balaban J connectivity index is 1.76. The molecule has 0 aliphatic carbocycles. The van der Waals surface area contributed by atoms with E-state index in [2.05, 4.69) is 54.4 Å². The smallest absolute Gasteiger partial charge is 0.143 e. The van der Waals surface area contributed by atoms with Crippen LogP contribution >= 0.6 is 0 Å². The summed E-state index contributed by atoms with van der Waals surface area (Å²) in [6, 6.07) is 22.9. The minimum Gasteiger partial charge on any atom is -0.487 e. The van der Waals surface area contributed by atoms with Gasteiger partial charge < -0.3 is 9.72 Å². The highest BCUT2D eigenvalue weighted by Crippen LogP contribution is 2.32. The first-order valence-electron chi connectivity index (χ1n) is 7.49. The summed E-state index contributed by atoms with van der Waals surface area (Å²) in [5.41, 5.74) is 4.65. The van der Waals surface area contributed by atoms with Crippen LogP contribution in [0.25, 0.3) is 21.8 Å². The van der Waals surface area contributed by atoms with Crippen molar-refractivity contribution in [3.63, 3.8) is 0 Å². The molecule has 0 fully saturated rings. The molecule has 0 saturated heterocycles. The van der Waals surface area contributed by atoms with Crippen LogP contribution < -0.4 is 4.74 Å². The third-order valence-electron chi connectivity index (χ3n) is 3.99. The Bertz CT molecular complexity index is 938. The Morgan fingerprint density at radius 3 is 2.59 bits per heavy atom. The van der Waals surface area contributed by atoms with Crippen LogP contribution in [0.5, 0.6) is 5.75 Å². The Morgan fingerprint density at radius 2 is 1.73 bits per heavy atom. The molecule has 0 aliphatic rings. The van der Waals surface area contributed by atoms with E-state index in [-0.39, 0.29) is 0 Å². The first kappa shape index (κ1) is 13.0. The van der Waals surface area contributed by atoms with Gasteiger partial charge in [0, 0.05) is 16.3 Å². The number of benzene rings is 3. The van der Waals surface area contributed by atoms with Gasteiger partial charge in [0.2, 0.25) is 0 Å². The molecular formula is C20H17NO. The molecule has 4 rings (SSSR count). The number of fused-ring (bicyclic) bond motifs is 3. The Kier molecular flexibility index (Phi) is 3.08. The molecule has 0 atom stereocenters. The summed E-state index contributed by atoms with van der Waals surface area (Å²) >= 11 is 0. The normalized spacial score (nSPS) is 11.1. The van der Waals surface area contributed by atoms with E-state index in [1.807, 2.05) is 24.3 Å². The highest BCUT2D eigenvalue weighted by Gasteiger charge is 2.09. The molecule has 0 amide bonds. The second kappa shape index (κ2) is 5.23. The lowest BCUT2D eigenvalue weighted by Gasteiger charge is -2.07. The van der Waals surface area contributed by atoms with Crippen molar-refractivity contribution in [1.82, 2.24) is 4.98 Å². The SMILES string of the molecule is Cc1ccc2c(c1)[nH]c1c(OCc3ccccc3)cccc12. The van der Waals surface area contributed by atoms with Crippen molar-refractivity contribution < 1.29 is 4.74 Å². The summed E-state index contributed by atoms with van der Waals surface area (Å²) in [5, 5.41) is 2.45. The van der Waals surface area contributed by atoms with Gasteiger partial charge in [0.1, 0.15) is 12.4 Å². The van der Waals surface area contributed by atoms with Crippen LogP contribution in [0.4, 0.5) is 0 Å². The summed E-state index contributed by atoms with van der Waals surface area (Å²) in [6.45, 7) is 2.69. The van der Waals surface area contributed by atoms with E-state index in [4.69, 9.17) is 4.74 Å². The summed E-state index contributed by atoms with van der Waals surface area (Å²) in [6.07, 6.45) is 0. The average Bonchev–Trinajstić information content (AvgIpc) is 2.92. The molecule has 0 aliphatic heterocycles. The summed E-state index contributed by atoms with van der Waals surface area (Å²) in [5.74, 6) is 0.898. The third kappa shape index (κ3) is 2.23. The lowest BCUT2D eigenvalue weighted by molar-refractivity contribution is 0.309. The van der Waals surface area contributed by atoms with Crippen LogP contribution in [0.1, 0.15) is 11.1 Å². The van der Waals surface area contributed by atoms with E-state index in [1.165, 1.54) is 21.9 Å². The van der Waals surface area contributed by atoms with Crippen molar-refractivity contribution in [3.05, 3.63) is 77.9 Å². The molecule has 0 unspecified atom stereocenters. The zero-order chi connectivity index (χ0) is 14.9. The fraction of sp³-hybridized carbons (Fsp3) is 0.100. The maximum Gasteiger partial charge on any atom is 0.143 e. The number of nitrogens with one attached hydrogen (secondary N) is 1. The number of ether oxygens (including phenoxy) is 1. The molecule has 1 aromatic heterocycles. The predicted molar refractivity (Wildman–Crippen MR) is 91.3 cm³/mol. The van der Waals surface area contributed by atoms with Crippen molar-refractivity contribution in [2.24, 2.45) is 0 Å². The Morgan fingerprint density at radius 1 is 0.864 bits per heavy atom. The van der Waals surface area contributed by atoms with Gasteiger partial charge in [-0.15, -0.1) is 0 Å². The van der Waals surface area contributed by atoms with Gasteiger partial charge in [-0.25, -0.2) is 0 Å². The molecule has 0 bridgehead atoms. The molecule has 0 radical (unpaired) electrons. The van der Waals surface area contributed by atoms with Crippen molar-refractivity contribution in [3.8, 4) is 5.75 Å². The highest BCUT2D eigenvalue weighted by atomic mass is 16.5. The van der Waals surface area contributed by atoms with Gasteiger partial charge in [-0.05, 0) is 30.2 Å². The second-order valence-corrected chi connectivity index (χ2v) is 5.63. The number of aryl methyl sites for hydroxylation is 1. The third-order valence-corrected chi connectivity index (χ3v) is 3.99. The standard InChI is InChI=1S/C20H17NO/c1-14-10-11-16-17-8-5-9-19(20(17)21-18(16)12-14)22-13-15-6-3-2-4-7-15/h2-12,21H,13H2,1H3. The number of para-hydroxylation sites is 1. The summed E-state index contributed by atoms with van der Waals surface area (Å²) in [4.78, 5) is 3.50. The average molecular weight is 287 g/mol. The Labute approximate surface area is 129 Å². The van der Waals surface area contributed by atoms with Gasteiger partial charge >= 0.3 is 0 Å². The summed E-state index contributed by atoms with van der Waals surface area (Å²) < 4.78 is 6.03. The van der Waals surface area contributed by atoms with Crippen molar-refractivity contribution in [2.45, 2.75) is 13.5 Å². The van der Waals surface area contributed by atoms with E-state index in [1.54, 1.807) is 0 Å². The fourth-order valence-electron chi connectivity index (χ4n) is 2.87. The lowest BCUT2D eigenvalue weighted by Crippen LogP contribution is -1.95. The molecule has 2 heteroatoms. The van der Waals surface area contributed by atoms with Gasteiger partial charge in [-0.1, -0.05) is 54.6 Å². The van der Waals surface area contributed by atoms with Crippen LogP contribution in [-0.4, -0.2) is 4.98 Å². The van der Waals surface area contributed by atoms with Gasteiger partial charge in [-0.2, -0.15) is 0 Å². The molecule has 2 nitrogen and oxygen atoms in total. The van der Waals surface area contributed by atoms with E-state index >= 15 is 0 Å². The number of hydrogen-bond acceptors (Lipinski definition) is 1. The maximum atomic E-state index is 6.03. The van der Waals surface area contributed by atoms with E-state index in [0.717, 1.165) is 16.8 Å². The zero-order valence-corrected chi connectivity index (χ0v) is 12.5. The van der Waals surface area contributed by atoms with Crippen LogP contribution in [0.15, 0.2) is 66.7 Å². The Hall–Kier alpha value is -2.74. The van der Waals surface area contributed by atoms with E-state index < -0.39 is 0 Å². The van der Waals surface area contributed by atoms with E-state index in [0.29, 0.717) is 6.61 Å². The number of aromatic amines is 1. The molecule has 0 spiro atoms. The molecule has 0 saturated carbocycles. The molecule has 1 N–H and O–H groups in total. The summed E-state index contributed by atoms with van der Waals surface area (Å²) in [7, 11) is 0. The van der Waals surface area contributed by atoms with Crippen LogP contribution in [0.3, 0.4) is 0 Å². The minimum atomic E-state index is 0.578. The quantitative estimate of drug-likeness (QED) is 0.550. The fourth-order valence-corrected chi connectivity index (χ4v) is 2.87. The van der Waals surface area contributed by atoms with Gasteiger partial charge in [0.25, 0.3) is 0 Å². The first-order valence-corrected chi connectivity index (χ1v) is 7.49. The van der Waals surface area contributed by atoms with Crippen molar-refractivity contribution in [2.75, 3.05) is 0 Å². The molecular weight excluding hydrogens is 270 g/mol. The van der Waals surface area contributed by atoms with Crippen molar-refractivity contribution >= 4 is 21.8 Å². The van der Waals surface area contributed by atoms with Gasteiger partial charge in [0.05, 0.1) is 5.52 Å². The predicted octanol–water partition coefficient (Wildman–Crippen LogP) is 5.21. The van der Waals surface area contributed by atoms with Gasteiger partial charge in [-0.3, -0.25) is 0 Å². The second-order valence-electron chi connectivity index (χ2n) is 5.63. The molecule has 108 valence electrons. The van der Waals surface area contributed by atoms with Crippen LogP contribution in [0, 0.1) is 6.92 Å². The molecule has 1 heterocycles. The van der Waals surface area contributed by atoms with Crippen LogP contribution in [0.2, 0.25) is 0 Å². The van der Waals surface area contributed by atoms with Gasteiger partial charge in [0.15, 0.2) is 0 Å².